The standard InChI is InChI=1S/C22H25FN4O2/c1-14-19-9-10-20(29)27(12-16-5-7-18(23)8-6-16)22(19)25-21(24-14)17-4-3-11-26(13-17)15(2)28/h5-8,17H,3-4,9-13H2,1-2H3/t17-/m1/s1. The minimum absolute atomic E-state index is 0.0138. The molecule has 1 fully saturated rings. The van der Waals surface area contributed by atoms with Gasteiger partial charge in [-0.25, -0.2) is 14.4 Å². The van der Waals surface area contributed by atoms with E-state index in [1.807, 2.05) is 11.8 Å². The molecule has 152 valence electrons. The molecule has 2 aromatic rings. The molecule has 4 rings (SSSR count). The van der Waals surface area contributed by atoms with E-state index in [9.17, 15) is 14.0 Å². The van der Waals surface area contributed by atoms with Crippen molar-refractivity contribution >= 4 is 17.6 Å². The van der Waals surface area contributed by atoms with Gasteiger partial charge >= 0.3 is 0 Å². The van der Waals surface area contributed by atoms with Crippen LogP contribution in [-0.4, -0.2) is 39.8 Å². The Morgan fingerprint density at radius 1 is 1.21 bits per heavy atom. The summed E-state index contributed by atoms with van der Waals surface area (Å²) >= 11 is 0. The van der Waals surface area contributed by atoms with Gasteiger partial charge in [-0.3, -0.25) is 14.5 Å². The van der Waals surface area contributed by atoms with Crippen LogP contribution in [-0.2, 0) is 22.6 Å². The Kier molecular flexibility index (Phi) is 5.30. The Morgan fingerprint density at radius 2 is 1.97 bits per heavy atom. The first-order chi connectivity index (χ1) is 13.9. The van der Waals surface area contributed by atoms with Crippen LogP contribution in [0.25, 0.3) is 0 Å². The lowest BCUT2D eigenvalue weighted by atomic mass is 9.96. The maximum absolute atomic E-state index is 13.3. The quantitative estimate of drug-likeness (QED) is 0.800. The van der Waals surface area contributed by atoms with Gasteiger partial charge in [0, 0.05) is 43.6 Å². The number of piperidine rings is 1. The summed E-state index contributed by atoms with van der Waals surface area (Å²) in [5, 5.41) is 0. The molecular formula is C22H25FN4O2. The van der Waals surface area contributed by atoms with E-state index in [-0.39, 0.29) is 23.5 Å². The summed E-state index contributed by atoms with van der Waals surface area (Å²) in [4.78, 5) is 37.6. The Bertz CT molecular complexity index is 945. The Balaban J connectivity index is 1.67. The van der Waals surface area contributed by atoms with E-state index in [4.69, 9.17) is 9.97 Å². The van der Waals surface area contributed by atoms with Crippen molar-refractivity contribution in [3.8, 4) is 0 Å². The summed E-state index contributed by atoms with van der Waals surface area (Å²) in [7, 11) is 0. The molecule has 0 saturated carbocycles. The number of benzene rings is 1. The van der Waals surface area contributed by atoms with Crippen LogP contribution < -0.4 is 4.90 Å². The van der Waals surface area contributed by atoms with Crippen LogP contribution in [0.4, 0.5) is 10.2 Å². The molecule has 1 saturated heterocycles. The summed E-state index contributed by atoms with van der Waals surface area (Å²) in [6.07, 6.45) is 2.89. The molecule has 0 bridgehead atoms. The highest BCUT2D eigenvalue weighted by Gasteiger charge is 2.31. The smallest absolute Gasteiger partial charge is 0.228 e. The van der Waals surface area contributed by atoms with E-state index in [2.05, 4.69) is 0 Å². The first-order valence-corrected chi connectivity index (χ1v) is 10.1. The minimum Gasteiger partial charge on any atom is -0.342 e. The fraction of sp³-hybridized carbons (Fsp3) is 0.455. The molecule has 1 aromatic heterocycles. The number of amides is 2. The molecule has 0 radical (unpaired) electrons. The van der Waals surface area contributed by atoms with Crippen LogP contribution in [0.1, 0.15) is 54.7 Å². The fourth-order valence-corrected chi connectivity index (χ4v) is 4.19. The average Bonchev–Trinajstić information content (AvgIpc) is 2.71. The number of halogens is 1. The molecule has 7 heteroatoms. The van der Waals surface area contributed by atoms with Gasteiger partial charge in [-0.15, -0.1) is 0 Å². The number of hydrogen-bond donors (Lipinski definition) is 0. The Morgan fingerprint density at radius 3 is 2.69 bits per heavy atom. The monoisotopic (exact) mass is 396 g/mol. The molecule has 1 aromatic carbocycles. The van der Waals surface area contributed by atoms with Crippen molar-refractivity contribution in [3.05, 3.63) is 52.7 Å². The van der Waals surface area contributed by atoms with Gasteiger partial charge in [0.2, 0.25) is 11.8 Å². The molecule has 3 heterocycles. The van der Waals surface area contributed by atoms with E-state index in [1.165, 1.54) is 12.1 Å². The van der Waals surface area contributed by atoms with Crippen LogP contribution in [0.15, 0.2) is 24.3 Å². The number of fused-ring (bicyclic) bond motifs is 1. The molecular weight excluding hydrogens is 371 g/mol. The van der Waals surface area contributed by atoms with Crippen molar-refractivity contribution in [3.63, 3.8) is 0 Å². The van der Waals surface area contributed by atoms with Gasteiger partial charge in [0.1, 0.15) is 17.5 Å². The Labute approximate surface area is 169 Å². The zero-order valence-electron chi connectivity index (χ0n) is 16.8. The third-order valence-corrected chi connectivity index (χ3v) is 5.84. The van der Waals surface area contributed by atoms with Gasteiger partial charge in [-0.05, 0) is 43.9 Å². The second-order valence-electron chi connectivity index (χ2n) is 7.88. The van der Waals surface area contributed by atoms with Crippen molar-refractivity contribution < 1.29 is 14.0 Å². The van der Waals surface area contributed by atoms with Gasteiger partial charge in [0.15, 0.2) is 0 Å². The number of aryl methyl sites for hydroxylation is 1. The predicted molar refractivity (Wildman–Crippen MR) is 107 cm³/mol. The normalized spacial score (nSPS) is 19.3. The molecule has 6 nitrogen and oxygen atoms in total. The van der Waals surface area contributed by atoms with Crippen molar-refractivity contribution in [2.45, 2.75) is 52.0 Å². The van der Waals surface area contributed by atoms with Crippen LogP contribution in [0, 0.1) is 12.7 Å². The maximum atomic E-state index is 13.3. The molecule has 2 aliphatic rings. The summed E-state index contributed by atoms with van der Waals surface area (Å²) in [6, 6.07) is 6.19. The molecule has 0 spiro atoms. The van der Waals surface area contributed by atoms with Crippen molar-refractivity contribution in [1.82, 2.24) is 14.9 Å². The minimum atomic E-state index is -0.299. The number of hydrogen-bond acceptors (Lipinski definition) is 4. The Hall–Kier alpha value is -2.83. The lowest BCUT2D eigenvalue weighted by molar-refractivity contribution is -0.130. The average molecular weight is 396 g/mol. The third-order valence-electron chi connectivity index (χ3n) is 5.84. The highest BCUT2D eigenvalue weighted by molar-refractivity contribution is 5.95. The lowest BCUT2D eigenvalue weighted by Gasteiger charge is -2.33. The highest BCUT2D eigenvalue weighted by atomic mass is 19.1. The summed E-state index contributed by atoms with van der Waals surface area (Å²) in [6.45, 7) is 5.28. The van der Waals surface area contributed by atoms with E-state index >= 15 is 0 Å². The largest absolute Gasteiger partial charge is 0.342 e. The molecule has 0 aliphatic carbocycles. The topological polar surface area (TPSA) is 66.4 Å². The number of rotatable bonds is 3. The van der Waals surface area contributed by atoms with Crippen LogP contribution in [0.5, 0.6) is 0 Å². The highest BCUT2D eigenvalue weighted by Crippen LogP contribution is 2.33. The predicted octanol–water partition coefficient (Wildman–Crippen LogP) is 3.13. The molecule has 29 heavy (non-hydrogen) atoms. The first kappa shape index (κ1) is 19.5. The fourth-order valence-electron chi connectivity index (χ4n) is 4.19. The summed E-state index contributed by atoms with van der Waals surface area (Å²) in [5.74, 6) is 1.21. The van der Waals surface area contributed by atoms with Crippen LogP contribution >= 0.6 is 0 Å². The second kappa shape index (κ2) is 7.89. The SMILES string of the molecule is CC(=O)N1CCC[C@@H](c2nc(C)c3c(n2)N(Cc2ccc(F)cc2)C(=O)CC3)C1. The molecule has 0 unspecified atom stereocenters. The number of anilines is 1. The molecule has 0 N–H and O–H groups in total. The van der Waals surface area contributed by atoms with Crippen molar-refractivity contribution in [2.75, 3.05) is 18.0 Å². The number of carbonyl (C=O) groups excluding carboxylic acids is 2. The van der Waals surface area contributed by atoms with Crippen LogP contribution in [0.3, 0.4) is 0 Å². The van der Waals surface area contributed by atoms with Gasteiger partial charge in [-0.2, -0.15) is 0 Å². The van der Waals surface area contributed by atoms with Gasteiger partial charge in [0.05, 0.1) is 6.54 Å². The summed E-state index contributed by atoms with van der Waals surface area (Å²) < 4.78 is 13.3. The van der Waals surface area contributed by atoms with Gasteiger partial charge < -0.3 is 4.90 Å². The maximum Gasteiger partial charge on any atom is 0.228 e. The lowest BCUT2D eigenvalue weighted by Crippen LogP contribution is -2.39. The second-order valence-corrected chi connectivity index (χ2v) is 7.88. The zero-order chi connectivity index (χ0) is 20.5. The number of carbonyl (C=O) groups is 2. The van der Waals surface area contributed by atoms with E-state index < -0.39 is 0 Å². The molecule has 2 amide bonds. The summed E-state index contributed by atoms with van der Waals surface area (Å²) in [5.41, 5.74) is 2.74. The third kappa shape index (κ3) is 3.99. The molecule has 1 atom stereocenters. The van der Waals surface area contributed by atoms with Crippen LogP contribution in [0.2, 0.25) is 0 Å². The first-order valence-electron chi connectivity index (χ1n) is 10.1. The van der Waals surface area contributed by atoms with E-state index in [0.717, 1.165) is 36.2 Å². The van der Waals surface area contributed by atoms with Crippen molar-refractivity contribution in [1.29, 1.82) is 0 Å². The molecule has 2 aliphatic heterocycles. The van der Waals surface area contributed by atoms with E-state index in [0.29, 0.717) is 37.6 Å². The van der Waals surface area contributed by atoms with Gasteiger partial charge in [-0.1, -0.05) is 12.1 Å². The van der Waals surface area contributed by atoms with Crippen molar-refractivity contribution in [2.24, 2.45) is 0 Å². The number of nitrogens with zero attached hydrogens (tertiary/aromatic N) is 4. The van der Waals surface area contributed by atoms with E-state index in [1.54, 1.807) is 24.0 Å². The zero-order valence-corrected chi connectivity index (χ0v) is 16.8. The number of aromatic nitrogens is 2. The number of likely N-dealkylation sites (tertiary alicyclic amines) is 1. The van der Waals surface area contributed by atoms with Gasteiger partial charge in [0.25, 0.3) is 0 Å².